The lowest BCUT2D eigenvalue weighted by atomic mass is 10.2. The summed E-state index contributed by atoms with van der Waals surface area (Å²) in [6.45, 7) is 2.71. The first-order valence-electron chi connectivity index (χ1n) is 6.00. The molecular weight excluding hydrogens is 305 g/mol. The third-order valence-electron chi connectivity index (χ3n) is 2.72. The van der Waals surface area contributed by atoms with Crippen LogP contribution in [-0.2, 0) is 4.74 Å². The summed E-state index contributed by atoms with van der Waals surface area (Å²) in [6.07, 6.45) is 0. The van der Waals surface area contributed by atoms with Crippen LogP contribution in [0.4, 0.5) is 11.4 Å². The molecule has 0 saturated heterocycles. The summed E-state index contributed by atoms with van der Waals surface area (Å²) in [4.78, 5) is 12.5. The smallest absolute Gasteiger partial charge is 0.293 e. The first kappa shape index (κ1) is 17.0. The van der Waals surface area contributed by atoms with Crippen molar-refractivity contribution in [3.63, 3.8) is 0 Å². The molecule has 0 heterocycles. The second kappa shape index (κ2) is 8.26. The highest BCUT2D eigenvalue weighted by atomic mass is 35.5. The minimum Gasteiger partial charge on any atom is -0.383 e. The Morgan fingerprint density at radius 1 is 1.35 bits per heavy atom. The number of anilines is 1. The number of hydrogen-bond donors (Lipinski definition) is 1. The van der Waals surface area contributed by atoms with Crippen molar-refractivity contribution in [1.29, 1.82) is 0 Å². The summed E-state index contributed by atoms with van der Waals surface area (Å²) in [5.74, 6) is 0. The van der Waals surface area contributed by atoms with Crippen LogP contribution in [0.15, 0.2) is 12.1 Å². The molecule has 0 fully saturated rings. The average Bonchev–Trinajstić information content (AvgIpc) is 2.39. The van der Waals surface area contributed by atoms with Crippen molar-refractivity contribution in [1.82, 2.24) is 4.90 Å². The van der Waals surface area contributed by atoms with Crippen LogP contribution in [0.3, 0.4) is 0 Å². The largest absolute Gasteiger partial charge is 0.383 e. The zero-order chi connectivity index (χ0) is 15.1. The van der Waals surface area contributed by atoms with E-state index in [2.05, 4.69) is 10.2 Å². The minimum atomic E-state index is -0.487. The number of nitrogens with zero attached hydrogens (tertiary/aromatic N) is 2. The van der Waals surface area contributed by atoms with Gasteiger partial charge in [-0.25, -0.2) is 0 Å². The summed E-state index contributed by atoms with van der Waals surface area (Å²) in [6, 6.07) is 2.72. The molecule has 0 spiro atoms. The van der Waals surface area contributed by atoms with Gasteiger partial charge >= 0.3 is 0 Å². The highest BCUT2D eigenvalue weighted by Gasteiger charge is 2.16. The molecule has 0 unspecified atom stereocenters. The van der Waals surface area contributed by atoms with Crippen LogP contribution in [0.25, 0.3) is 0 Å². The molecule has 0 aliphatic carbocycles. The van der Waals surface area contributed by atoms with Gasteiger partial charge in [0.1, 0.15) is 5.69 Å². The highest BCUT2D eigenvalue weighted by molar-refractivity contribution is 6.42. The molecule has 0 aliphatic heterocycles. The lowest BCUT2D eigenvalue weighted by Crippen LogP contribution is -2.28. The Labute approximate surface area is 127 Å². The van der Waals surface area contributed by atoms with E-state index in [4.69, 9.17) is 27.9 Å². The van der Waals surface area contributed by atoms with Crippen LogP contribution < -0.4 is 5.32 Å². The standard InChI is InChI=1S/C12H17Cl2N3O3/c1-16(5-6-20-2)4-3-15-11-7-9(13)10(14)8-12(11)17(18)19/h7-8,15H,3-6H2,1-2H3. The van der Waals surface area contributed by atoms with Gasteiger partial charge in [-0.1, -0.05) is 23.2 Å². The first-order valence-corrected chi connectivity index (χ1v) is 6.76. The molecular formula is C12H17Cl2N3O3. The Bertz CT molecular complexity index is 472. The van der Waals surface area contributed by atoms with Gasteiger partial charge in [0.15, 0.2) is 0 Å². The van der Waals surface area contributed by atoms with Crippen LogP contribution in [-0.4, -0.2) is 50.2 Å². The summed E-state index contributed by atoms with van der Waals surface area (Å²) >= 11 is 11.7. The highest BCUT2D eigenvalue weighted by Crippen LogP contribution is 2.33. The molecule has 0 atom stereocenters. The Morgan fingerprint density at radius 2 is 2.00 bits per heavy atom. The van der Waals surface area contributed by atoms with E-state index in [1.165, 1.54) is 12.1 Å². The number of methoxy groups -OCH3 is 1. The zero-order valence-electron chi connectivity index (χ0n) is 11.4. The van der Waals surface area contributed by atoms with Crippen molar-refractivity contribution < 1.29 is 9.66 Å². The fourth-order valence-corrected chi connectivity index (χ4v) is 1.89. The average molecular weight is 322 g/mol. The first-order chi connectivity index (χ1) is 9.45. The number of ether oxygens (including phenoxy) is 1. The number of halogens is 2. The third-order valence-corrected chi connectivity index (χ3v) is 3.44. The SMILES string of the molecule is COCCN(C)CCNc1cc(Cl)c(Cl)cc1[N+](=O)[O-]. The summed E-state index contributed by atoms with van der Waals surface area (Å²) in [5, 5.41) is 14.4. The van der Waals surface area contributed by atoms with Crippen molar-refractivity contribution in [2.24, 2.45) is 0 Å². The number of nitrogens with one attached hydrogen (secondary N) is 1. The molecule has 1 aromatic rings. The number of rotatable bonds is 8. The van der Waals surface area contributed by atoms with Gasteiger partial charge in [0.2, 0.25) is 0 Å². The van der Waals surface area contributed by atoms with Crippen molar-refractivity contribution >= 4 is 34.6 Å². The summed E-state index contributed by atoms with van der Waals surface area (Å²) in [5.41, 5.74) is 0.281. The predicted octanol–water partition coefficient (Wildman–Crippen LogP) is 2.89. The molecule has 0 amide bonds. The molecule has 8 heteroatoms. The fraction of sp³-hybridized carbons (Fsp3) is 0.500. The number of nitro benzene ring substituents is 1. The minimum absolute atomic E-state index is 0.0843. The van der Waals surface area contributed by atoms with Crippen LogP contribution in [0.2, 0.25) is 10.0 Å². The number of nitro groups is 1. The van der Waals surface area contributed by atoms with Crippen LogP contribution in [0.1, 0.15) is 0 Å². The molecule has 20 heavy (non-hydrogen) atoms. The van der Waals surface area contributed by atoms with Gasteiger partial charge in [0, 0.05) is 32.8 Å². The van der Waals surface area contributed by atoms with E-state index in [9.17, 15) is 10.1 Å². The normalized spacial score (nSPS) is 10.8. The molecule has 0 bridgehead atoms. The molecule has 112 valence electrons. The van der Waals surface area contributed by atoms with Crippen molar-refractivity contribution in [2.75, 3.05) is 45.7 Å². The quantitative estimate of drug-likeness (QED) is 0.589. The van der Waals surface area contributed by atoms with Gasteiger partial charge in [-0.3, -0.25) is 10.1 Å². The Kier molecular flexibility index (Phi) is 7.01. The van der Waals surface area contributed by atoms with Gasteiger partial charge in [-0.15, -0.1) is 0 Å². The van der Waals surface area contributed by atoms with Gasteiger partial charge in [0.05, 0.1) is 21.6 Å². The Hall–Kier alpha value is -1.08. The van der Waals surface area contributed by atoms with Gasteiger partial charge in [-0.05, 0) is 13.1 Å². The monoisotopic (exact) mass is 321 g/mol. The third kappa shape index (κ3) is 5.13. The molecule has 1 rings (SSSR count). The Morgan fingerprint density at radius 3 is 2.60 bits per heavy atom. The zero-order valence-corrected chi connectivity index (χ0v) is 12.9. The summed E-state index contributed by atoms with van der Waals surface area (Å²) in [7, 11) is 3.59. The van der Waals surface area contributed by atoms with Gasteiger partial charge < -0.3 is 15.0 Å². The van der Waals surface area contributed by atoms with E-state index in [1.54, 1.807) is 7.11 Å². The fourth-order valence-electron chi connectivity index (χ4n) is 1.57. The van der Waals surface area contributed by atoms with Crippen LogP contribution in [0, 0.1) is 10.1 Å². The van der Waals surface area contributed by atoms with E-state index in [0.717, 1.165) is 13.1 Å². The molecule has 0 aromatic heterocycles. The van der Waals surface area contributed by atoms with E-state index >= 15 is 0 Å². The maximum absolute atomic E-state index is 11.0. The molecule has 6 nitrogen and oxygen atoms in total. The lowest BCUT2D eigenvalue weighted by molar-refractivity contribution is -0.383. The van der Waals surface area contributed by atoms with Crippen LogP contribution in [0.5, 0.6) is 0 Å². The number of hydrogen-bond acceptors (Lipinski definition) is 5. The van der Waals surface area contributed by atoms with Crippen LogP contribution >= 0.6 is 23.2 Å². The molecule has 1 N–H and O–H groups in total. The van der Waals surface area contributed by atoms with Crippen molar-refractivity contribution in [2.45, 2.75) is 0 Å². The Balaban J connectivity index is 2.63. The van der Waals surface area contributed by atoms with Crippen molar-refractivity contribution in [3.8, 4) is 0 Å². The van der Waals surface area contributed by atoms with E-state index in [1.807, 2.05) is 7.05 Å². The lowest BCUT2D eigenvalue weighted by Gasteiger charge is -2.16. The van der Waals surface area contributed by atoms with E-state index < -0.39 is 4.92 Å². The molecule has 0 saturated carbocycles. The van der Waals surface area contributed by atoms with Gasteiger partial charge in [0.25, 0.3) is 5.69 Å². The van der Waals surface area contributed by atoms with E-state index in [-0.39, 0.29) is 15.7 Å². The summed E-state index contributed by atoms with van der Waals surface area (Å²) < 4.78 is 4.97. The van der Waals surface area contributed by atoms with Crippen molar-refractivity contribution in [3.05, 3.63) is 32.3 Å². The maximum Gasteiger partial charge on any atom is 0.293 e. The molecule has 0 aliphatic rings. The molecule has 1 aromatic carbocycles. The molecule has 0 radical (unpaired) electrons. The number of likely N-dealkylation sites (N-methyl/N-ethyl adjacent to an activating group) is 1. The predicted molar refractivity (Wildman–Crippen MR) is 81.0 cm³/mol. The second-order valence-electron chi connectivity index (χ2n) is 4.26. The van der Waals surface area contributed by atoms with Gasteiger partial charge in [-0.2, -0.15) is 0 Å². The number of benzene rings is 1. The maximum atomic E-state index is 11.0. The second-order valence-corrected chi connectivity index (χ2v) is 5.08. The van der Waals surface area contributed by atoms with E-state index in [0.29, 0.717) is 18.8 Å². The topological polar surface area (TPSA) is 67.6 Å².